The lowest BCUT2D eigenvalue weighted by atomic mass is 10.1. The van der Waals surface area contributed by atoms with Gasteiger partial charge in [0.15, 0.2) is 0 Å². The number of hydrogen-bond acceptors (Lipinski definition) is 2. The number of aliphatic hydroxyl groups excluding tert-OH is 1. The molecular formula is C20H37NO. The average molecular weight is 308 g/mol. The van der Waals surface area contributed by atoms with E-state index in [1.54, 1.807) is 0 Å². The van der Waals surface area contributed by atoms with Gasteiger partial charge in [0.05, 0.1) is 0 Å². The first-order valence-corrected chi connectivity index (χ1v) is 8.69. The van der Waals surface area contributed by atoms with E-state index < -0.39 is 0 Å². The van der Waals surface area contributed by atoms with E-state index in [1.807, 2.05) is 0 Å². The van der Waals surface area contributed by atoms with Crippen LogP contribution < -0.4 is 0 Å². The van der Waals surface area contributed by atoms with Crippen LogP contribution in [0.5, 0.6) is 0 Å². The van der Waals surface area contributed by atoms with Crippen molar-refractivity contribution in [1.29, 1.82) is 0 Å². The summed E-state index contributed by atoms with van der Waals surface area (Å²) in [5, 5.41) is 8.80. The highest BCUT2D eigenvalue weighted by molar-refractivity contribution is 5.05. The number of allylic oxidation sites excluding steroid dienone is 5. The molecule has 0 amide bonds. The summed E-state index contributed by atoms with van der Waals surface area (Å²) in [6.45, 7) is 11.2. The van der Waals surface area contributed by atoms with Crippen molar-refractivity contribution in [3.63, 3.8) is 0 Å². The minimum absolute atomic E-state index is 0.290. The first-order valence-electron chi connectivity index (χ1n) is 8.69. The maximum Gasteiger partial charge on any atom is 0.0443 e. The molecule has 0 fully saturated rings. The Labute approximate surface area is 138 Å². The lowest BCUT2D eigenvalue weighted by Gasteiger charge is -2.14. The summed E-state index contributed by atoms with van der Waals surface area (Å²) < 4.78 is 0. The van der Waals surface area contributed by atoms with E-state index in [9.17, 15) is 0 Å². The second kappa shape index (κ2) is 13.8. The SMILES string of the molecule is CC(C)=CCC/C(C)=C/CC/C(C)=C/CCN(C)CCCO. The zero-order valence-electron chi connectivity index (χ0n) is 15.5. The van der Waals surface area contributed by atoms with Crippen LogP contribution in [-0.4, -0.2) is 36.8 Å². The van der Waals surface area contributed by atoms with E-state index >= 15 is 0 Å². The van der Waals surface area contributed by atoms with E-state index in [0.717, 1.165) is 32.4 Å². The fourth-order valence-electron chi connectivity index (χ4n) is 2.32. The number of aliphatic hydroxyl groups is 1. The van der Waals surface area contributed by atoms with Crippen molar-refractivity contribution in [2.75, 3.05) is 26.7 Å². The first-order chi connectivity index (χ1) is 10.5. The molecule has 2 nitrogen and oxygen atoms in total. The molecule has 128 valence electrons. The molecule has 2 heteroatoms. The van der Waals surface area contributed by atoms with E-state index in [1.165, 1.54) is 36.0 Å². The Morgan fingerprint density at radius 1 is 0.818 bits per heavy atom. The Morgan fingerprint density at radius 3 is 1.91 bits per heavy atom. The van der Waals surface area contributed by atoms with Gasteiger partial charge in [0.2, 0.25) is 0 Å². The summed E-state index contributed by atoms with van der Waals surface area (Å²) in [6, 6.07) is 0. The third-order valence-electron chi connectivity index (χ3n) is 3.82. The van der Waals surface area contributed by atoms with Crippen LogP contribution in [0, 0.1) is 0 Å². The van der Waals surface area contributed by atoms with Crippen molar-refractivity contribution in [1.82, 2.24) is 4.90 Å². The van der Waals surface area contributed by atoms with Gasteiger partial charge in [0.25, 0.3) is 0 Å². The molecule has 0 saturated heterocycles. The predicted octanol–water partition coefficient (Wildman–Crippen LogP) is 5.11. The summed E-state index contributed by atoms with van der Waals surface area (Å²) >= 11 is 0. The van der Waals surface area contributed by atoms with Crippen LogP contribution in [0.4, 0.5) is 0 Å². The molecule has 0 bridgehead atoms. The van der Waals surface area contributed by atoms with Crippen molar-refractivity contribution in [3.05, 3.63) is 34.9 Å². The first kappa shape index (κ1) is 21.1. The Kier molecular flexibility index (Phi) is 13.2. The normalized spacial score (nSPS) is 12.9. The molecule has 0 aliphatic rings. The van der Waals surface area contributed by atoms with Crippen molar-refractivity contribution >= 4 is 0 Å². The maximum absolute atomic E-state index is 8.80. The highest BCUT2D eigenvalue weighted by Gasteiger charge is 1.96. The Balaban J connectivity index is 3.84. The van der Waals surface area contributed by atoms with Crippen LogP contribution in [0.1, 0.15) is 66.2 Å². The molecule has 0 aliphatic heterocycles. The molecule has 0 aromatic heterocycles. The minimum atomic E-state index is 0.290. The van der Waals surface area contributed by atoms with Crippen LogP contribution in [0.3, 0.4) is 0 Å². The van der Waals surface area contributed by atoms with E-state index in [-0.39, 0.29) is 0 Å². The molecule has 0 heterocycles. The predicted molar refractivity (Wildman–Crippen MR) is 99.2 cm³/mol. The van der Waals surface area contributed by atoms with E-state index in [4.69, 9.17) is 5.11 Å². The number of hydrogen-bond donors (Lipinski definition) is 1. The molecule has 0 rings (SSSR count). The van der Waals surface area contributed by atoms with Gasteiger partial charge in [-0.25, -0.2) is 0 Å². The molecule has 0 spiro atoms. The van der Waals surface area contributed by atoms with Gasteiger partial charge in [-0.1, -0.05) is 34.9 Å². The summed E-state index contributed by atoms with van der Waals surface area (Å²) in [6.07, 6.45) is 13.7. The Bertz CT molecular complexity index is 362. The van der Waals surface area contributed by atoms with Crippen molar-refractivity contribution in [3.8, 4) is 0 Å². The molecular weight excluding hydrogens is 270 g/mol. The zero-order chi connectivity index (χ0) is 16.8. The lowest BCUT2D eigenvalue weighted by molar-refractivity contribution is 0.249. The van der Waals surface area contributed by atoms with Crippen molar-refractivity contribution in [2.24, 2.45) is 0 Å². The zero-order valence-corrected chi connectivity index (χ0v) is 15.5. The van der Waals surface area contributed by atoms with Gasteiger partial charge in [-0.05, 0) is 73.3 Å². The molecule has 22 heavy (non-hydrogen) atoms. The van der Waals surface area contributed by atoms with Gasteiger partial charge < -0.3 is 10.0 Å². The third kappa shape index (κ3) is 14.1. The molecule has 0 radical (unpaired) electrons. The van der Waals surface area contributed by atoms with Gasteiger partial charge in [-0.3, -0.25) is 0 Å². The van der Waals surface area contributed by atoms with Gasteiger partial charge in [0.1, 0.15) is 0 Å². The smallest absolute Gasteiger partial charge is 0.0443 e. The summed E-state index contributed by atoms with van der Waals surface area (Å²) in [5.74, 6) is 0. The Hall–Kier alpha value is -0.860. The van der Waals surface area contributed by atoms with E-state index in [0.29, 0.717) is 6.61 Å². The fourth-order valence-corrected chi connectivity index (χ4v) is 2.32. The van der Waals surface area contributed by atoms with Crippen LogP contribution in [0.25, 0.3) is 0 Å². The summed E-state index contributed by atoms with van der Waals surface area (Å²) in [7, 11) is 2.12. The van der Waals surface area contributed by atoms with E-state index in [2.05, 4.69) is 57.9 Å². The minimum Gasteiger partial charge on any atom is -0.396 e. The quantitative estimate of drug-likeness (QED) is 0.506. The maximum atomic E-state index is 8.80. The largest absolute Gasteiger partial charge is 0.396 e. The molecule has 0 unspecified atom stereocenters. The van der Waals surface area contributed by atoms with Crippen LogP contribution >= 0.6 is 0 Å². The Morgan fingerprint density at radius 2 is 1.36 bits per heavy atom. The van der Waals surface area contributed by atoms with Gasteiger partial charge >= 0.3 is 0 Å². The second-order valence-electron chi connectivity index (χ2n) is 6.63. The topological polar surface area (TPSA) is 23.5 Å². The van der Waals surface area contributed by atoms with Crippen LogP contribution in [0.2, 0.25) is 0 Å². The molecule has 0 saturated carbocycles. The summed E-state index contributed by atoms with van der Waals surface area (Å²) in [4.78, 5) is 2.29. The molecule has 0 aliphatic carbocycles. The van der Waals surface area contributed by atoms with Gasteiger partial charge in [-0.2, -0.15) is 0 Å². The molecule has 0 aromatic rings. The fraction of sp³-hybridized carbons (Fsp3) is 0.700. The van der Waals surface area contributed by atoms with Crippen LogP contribution in [-0.2, 0) is 0 Å². The van der Waals surface area contributed by atoms with Gasteiger partial charge in [0, 0.05) is 19.7 Å². The van der Waals surface area contributed by atoms with Crippen molar-refractivity contribution in [2.45, 2.75) is 66.2 Å². The number of nitrogens with zero attached hydrogens (tertiary/aromatic N) is 1. The summed E-state index contributed by atoms with van der Waals surface area (Å²) in [5.41, 5.74) is 4.41. The number of rotatable bonds is 12. The highest BCUT2D eigenvalue weighted by atomic mass is 16.3. The van der Waals surface area contributed by atoms with Crippen molar-refractivity contribution < 1.29 is 5.11 Å². The third-order valence-corrected chi connectivity index (χ3v) is 3.82. The lowest BCUT2D eigenvalue weighted by Crippen LogP contribution is -2.21. The molecule has 1 N–H and O–H groups in total. The monoisotopic (exact) mass is 307 g/mol. The molecule has 0 atom stereocenters. The standard InChI is InChI=1S/C20H37NO/c1-18(2)10-6-11-19(3)12-7-13-20(4)14-8-15-21(5)16-9-17-22/h10,12,14,22H,6-9,11,13,15-17H2,1-5H3/b19-12+,20-14+. The van der Waals surface area contributed by atoms with Crippen LogP contribution in [0.15, 0.2) is 34.9 Å². The van der Waals surface area contributed by atoms with Gasteiger partial charge in [-0.15, -0.1) is 0 Å². The molecule has 0 aromatic carbocycles. The average Bonchev–Trinajstić information content (AvgIpc) is 2.44. The second-order valence-corrected chi connectivity index (χ2v) is 6.63. The highest BCUT2D eigenvalue weighted by Crippen LogP contribution is 2.11.